The molecule has 0 saturated heterocycles. The summed E-state index contributed by atoms with van der Waals surface area (Å²) < 4.78 is 14.0. The summed E-state index contributed by atoms with van der Waals surface area (Å²) in [6.07, 6.45) is 13.7. The Labute approximate surface area is 312 Å². The van der Waals surface area contributed by atoms with Crippen molar-refractivity contribution in [1.82, 2.24) is 15.0 Å². The van der Waals surface area contributed by atoms with Crippen LogP contribution in [0, 0.1) is 0 Å². The van der Waals surface area contributed by atoms with Crippen molar-refractivity contribution in [3.05, 3.63) is 126 Å². The number of nitrogens with one attached hydrogen (secondary N) is 1. The van der Waals surface area contributed by atoms with Gasteiger partial charge in [0.05, 0.1) is 22.9 Å². The van der Waals surface area contributed by atoms with Gasteiger partial charge in [0.1, 0.15) is 17.4 Å². The van der Waals surface area contributed by atoms with E-state index in [1.54, 1.807) is 77.5 Å². The van der Waals surface area contributed by atoms with Gasteiger partial charge in [-0.15, -0.1) is 5.10 Å². The fourth-order valence-electron chi connectivity index (χ4n) is 6.99. The largest absolute Gasteiger partial charge is 0.423 e. The van der Waals surface area contributed by atoms with Crippen molar-refractivity contribution in [2.24, 2.45) is 0 Å². The van der Waals surface area contributed by atoms with Crippen LogP contribution in [0.5, 0.6) is 5.75 Å². The first-order valence-corrected chi connectivity index (χ1v) is 19.1. The number of nitrogens with zero attached hydrogens (tertiary/aromatic N) is 3. The minimum absolute atomic E-state index is 0.234. The molecule has 0 spiro atoms. The van der Waals surface area contributed by atoms with E-state index >= 15 is 0 Å². The van der Waals surface area contributed by atoms with Gasteiger partial charge in [-0.3, -0.25) is 4.79 Å². The van der Waals surface area contributed by atoms with E-state index in [1.807, 2.05) is 43.3 Å². The summed E-state index contributed by atoms with van der Waals surface area (Å²) in [4.78, 5) is 26.9. The van der Waals surface area contributed by atoms with Crippen molar-refractivity contribution in [1.29, 1.82) is 0 Å². The van der Waals surface area contributed by atoms with Crippen LogP contribution in [0.15, 0.2) is 109 Å². The molecule has 9 nitrogen and oxygen atoms in total. The van der Waals surface area contributed by atoms with Gasteiger partial charge in [0, 0.05) is 22.9 Å². The molecule has 5 aromatic rings. The van der Waals surface area contributed by atoms with Crippen molar-refractivity contribution in [2.45, 2.75) is 102 Å². The third-order valence-electron chi connectivity index (χ3n) is 9.92. The average Bonchev–Trinajstić information content (AvgIpc) is 3.60. The molecule has 0 saturated carbocycles. The molecule has 2 N–H and O–H groups in total. The molecule has 9 heteroatoms. The standard InChI is InChI=1S/C44H50N4O5/c1-3-4-5-6-7-8-9-10-11-14-21-32(2)52-41-31-40(36-26-19-20-27-37(36)44(41,51)43(50)45-34-24-17-13-18-25-34)48-39-29-28-35(30-38(39)46-47-48)53-42(49)33-22-15-12-16-23-33/h12-13,15-20,22-32,41,51H,3-11,14,21H2,1-2H3,(H,45,50). The molecule has 0 aliphatic heterocycles. The van der Waals surface area contributed by atoms with E-state index < -0.39 is 23.6 Å². The highest BCUT2D eigenvalue weighted by atomic mass is 16.5. The van der Waals surface area contributed by atoms with Gasteiger partial charge in [0.15, 0.2) is 5.60 Å². The molecule has 53 heavy (non-hydrogen) atoms. The summed E-state index contributed by atoms with van der Waals surface area (Å²) in [5, 5.41) is 24.4. The third-order valence-corrected chi connectivity index (χ3v) is 9.92. The zero-order chi connectivity index (χ0) is 37.0. The summed E-state index contributed by atoms with van der Waals surface area (Å²) in [6.45, 7) is 4.25. The number of carbonyl (C=O) groups excluding carboxylic acids is 2. The lowest BCUT2D eigenvalue weighted by Gasteiger charge is -2.39. The van der Waals surface area contributed by atoms with Gasteiger partial charge in [0.2, 0.25) is 0 Å². The van der Waals surface area contributed by atoms with Gasteiger partial charge >= 0.3 is 5.97 Å². The van der Waals surface area contributed by atoms with E-state index in [-0.39, 0.29) is 6.10 Å². The molecule has 1 aromatic heterocycles. The van der Waals surface area contributed by atoms with Crippen LogP contribution in [0.2, 0.25) is 0 Å². The van der Waals surface area contributed by atoms with Crippen molar-refractivity contribution in [3.63, 3.8) is 0 Å². The Bertz CT molecular complexity index is 1990. The van der Waals surface area contributed by atoms with E-state index in [1.165, 1.54) is 51.4 Å². The molecule has 3 unspecified atom stereocenters. The molecule has 1 aliphatic carbocycles. The number of anilines is 1. The summed E-state index contributed by atoms with van der Waals surface area (Å²) in [5.74, 6) is -0.720. The molecular formula is C44H50N4O5. The molecule has 0 fully saturated rings. The van der Waals surface area contributed by atoms with Crippen LogP contribution in [0.4, 0.5) is 5.69 Å². The second-order valence-electron chi connectivity index (χ2n) is 13.9. The Morgan fingerprint density at radius 3 is 2.19 bits per heavy atom. The summed E-state index contributed by atoms with van der Waals surface area (Å²) >= 11 is 0. The lowest BCUT2D eigenvalue weighted by atomic mass is 9.78. The Morgan fingerprint density at radius 2 is 1.47 bits per heavy atom. The SMILES string of the molecule is CCCCCCCCCCCCC(C)OC1C=C(n2nnc3cc(OC(=O)c4ccccc4)ccc32)c2ccccc2C1(O)C(=O)Nc1ccccc1. The van der Waals surface area contributed by atoms with Crippen LogP contribution in [-0.4, -0.2) is 44.2 Å². The minimum Gasteiger partial charge on any atom is -0.423 e. The van der Waals surface area contributed by atoms with Crippen molar-refractivity contribution >= 4 is 34.3 Å². The Kier molecular flexibility index (Phi) is 12.8. The van der Waals surface area contributed by atoms with Gasteiger partial charge in [0.25, 0.3) is 5.91 Å². The number of para-hydroxylation sites is 1. The summed E-state index contributed by atoms with van der Waals surface area (Å²) in [5.41, 5.74) is 1.77. The number of aliphatic hydroxyl groups is 1. The first-order chi connectivity index (χ1) is 25.9. The van der Waals surface area contributed by atoms with Crippen LogP contribution in [-0.2, 0) is 15.1 Å². The Hall–Kier alpha value is -5.12. The van der Waals surface area contributed by atoms with Crippen LogP contribution in [0.25, 0.3) is 16.7 Å². The molecule has 276 valence electrons. The predicted octanol–water partition coefficient (Wildman–Crippen LogP) is 9.46. The van der Waals surface area contributed by atoms with Gasteiger partial charge in [-0.25, -0.2) is 9.48 Å². The van der Waals surface area contributed by atoms with E-state index in [4.69, 9.17) is 9.47 Å². The Morgan fingerprint density at radius 1 is 0.830 bits per heavy atom. The van der Waals surface area contributed by atoms with Gasteiger partial charge in [-0.1, -0.05) is 137 Å². The molecule has 6 rings (SSSR count). The van der Waals surface area contributed by atoms with E-state index in [9.17, 15) is 14.7 Å². The molecular weight excluding hydrogens is 665 g/mol. The smallest absolute Gasteiger partial charge is 0.343 e. The van der Waals surface area contributed by atoms with Gasteiger partial charge < -0.3 is 19.9 Å². The number of aromatic nitrogens is 3. The van der Waals surface area contributed by atoms with E-state index in [2.05, 4.69) is 22.6 Å². The minimum atomic E-state index is -2.04. The number of fused-ring (bicyclic) bond motifs is 2. The number of unbranched alkanes of at least 4 members (excludes halogenated alkanes) is 9. The normalized spacial score (nSPS) is 17.2. The number of ether oxygens (including phenoxy) is 2. The number of carbonyl (C=O) groups is 2. The van der Waals surface area contributed by atoms with Crippen LogP contribution in [0.1, 0.15) is 106 Å². The molecule has 0 bridgehead atoms. The van der Waals surface area contributed by atoms with E-state index in [0.29, 0.717) is 44.9 Å². The number of esters is 1. The first-order valence-electron chi connectivity index (χ1n) is 19.1. The number of hydrogen-bond acceptors (Lipinski definition) is 7. The summed E-state index contributed by atoms with van der Waals surface area (Å²) in [6, 6.07) is 30.3. The number of amides is 1. The van der Waals surface area contributed by atoms with Crippen molar-refractivity contribution < 1.29 is 24.2 Å². The monoisotopic (exact) mass is 714 g/mol. The highest BCUT2D eigenvalue weighted by molar-refractivity contribution is 6.01. The summed E-state index contributed by atoms with van der Waals surface area (Å²) in [7, 11) is 0. The second kappa shape index (κ2) is 18.1. The number of rotatable bonds is 18. The number of benzene rings is 4. The van der Waals surface area contributed by atoms with Crippen molar-refractivity contribution in [2.75, 3.05) is 5.32 Å². The maximum atomic E-state index is 14.2. The lowest BCUT2D eigenvalue weighted by molar-refractivity contribution is -0.156. The molecule has 4 aromatic carbocycles. The topological polar surface area (TPSA) is 116 Å². The highest BCUT2D eigenvalue weighted by Gasteiger charge is 2.50. The average molecular weight is 715 g/mol. The molecule has 1 amide bonds. The molecule has 1 aliphatic rings. The predicted molar refractivity (Wildman–Crippen MR) is 209 cm³/mol. The van der Waals surface area contributed by atoms with Gasteiger partial charge in [-0.2, -0.15) is 0 Å². The molecule has 1 heterocycles. The quantitative estimate of drug-likeness (QED) is 0.0528. The first kappa shape index (κ1) is 37.6. The number of hydrogen-bond donors (Lipinski definition) is 2. The zero-order valence-corrected chi connectivity index (χ0v) is 30.7. The second-order valence-corrected chi connectivity index (χ2v) is 13.9. The third kappa shape index (κ3) is 9.10. The van der Waals surface area contributed by atoms with E-state index in [0.717, 1.165) is 19.3 Å². The zero-order valence-electron chi connectivity index (χ0n) is 30.7. The highest BCUT2D eigenvalue weighted by Crippen LogP contribution is 2.42. The van der Waals surface area contributed by atoms with Crippen LogP contribution < -0.4 is 10.1 Å². The maximum absolute atomic E-state index is 14.2. The molecule has 3 atom stereocenters. The van der Waals surface area contributed by atoms with Crippen molar-refractivity contribution in [3.8, 4) is 5.75 Å². The fraction of sp³-hybridized carbons (Fsp3) is 0.364. The lowest BCUT2D eigenvalue weighted by Crippen LogP contribution is -2.53. The van der Waals surface area contributed by atoms with Crippen LogP contribution >= 0.6 is 0 Å². The Balaban J connectivity index is 1.24. The molecule has 0 radical (unpaired) electrons. The maximum Gasteiger partial charge on any atom is 0.343 e. The fourth-order valence-corrected chi connectivity index (χ4v) is 6.99. The van der Waals surface area contributed by atoms with Crippen LogP contribution in [0.3, 0.4) is 0 Å². The van der Waals surface area contributed by atoms with Gasteiger partial charge in [-0.05, 0) is 55.8 Å².